The van der Waals surface area contributed by atoms with Gasteiger partial charge in [0.05, 0.1) is 11.4 Å². The lowest BCUT2D eigenvalue weighted by molar-refractivity contribution is -0.000417. The van der Waals surface area contributed by atoms with Gasteiger partial charge in [-0.15, -0.1) is 0 Å². The Hall–Kier alpha value is -5.28. The number of hydrogen-bond acceptors (Lipinski definition) is 7. The normalized spacial score (nSPS) is 17.6. The molecule has 0 atom stereocenters. The van der Waals surface area contributed by atoms with Gasteiger partial charge >= 0.3 is 0 Å². The van der Waals surface area contributed by atoms with Gasteiger partial charge in [0.1, 0.15) is 11.6 Å². The minimum atomic E-state index is -0.273. The summed E-state index contributed by atoms with van der Waals surface area (Å²) < 4.78 is 11.9. The van der Waals surface area contributed by atoms with Gasteiger partial charge in [-0.2, -0.15) is 0 Å². The number of pyridine rings is 1. The number of imidazole rings is 1. The predicted octanol–water partition coefficient (Wildman–Crippen LogP) is 7.05. The first-order valence-electron chi connectivity index (χ1n) is 17.2. The molecule has 2 aromatic carbocycles. The number of carbonyl (C=O) groups is 2. The third-order valence-corrected chi connectivity index (χ3v) is 10.5. The zero-order valence-electron chi connectivity index (χ0n) is 27.5. The first-order valence-corrected chi connectivity index (χ1v) is 17.2. The van der Waals surface area contributed by atoms with Crippen molar-refractivity contribution in [2.75, 3.05) is 42.6 Å². The summed E-state index contributed by atoms with van der Waals surface area (Å²) in [4.78, 5) is 44.4. The van der Waals surface area contributed by atoms with E-state index in [4.69, 9.17) is 14.1 Å². The van der Waals surface area contributed by atoms with Crippen LogP contribution < -0.4 is 9.80 Å². The molecule has 3 aromatic heterocycles. The Balaban J connectivity index is 0.970. The number of para-hydroxylation sites is 1. The molecule has 1 aliphatic carbocycles. The molecule has 0 bridgehead atoms. The van der Waals surface area contributed by atoms with Crippen LogP contribution >= 0.6 is 0 Å². The summed E-state index contributed by atoms with van der Waals surface area (Å²) in [6.45, 7) is 6.19. The third kappa shape index (κ3) is 5.20. The van der Waals surface area contributed by atoms with Crippen LogP contribution in [0.3, 0.4) is 0 Å². The van der Waals surface area contributed by atoms with Crippen molar-refractivity contribution < 1.29 is 18.7 Å². The van der Waals surface area contributed by atoms with Crippen molar-refractivity contribution in [3.05, 3.63) is 113 Å². The van der Waals surface area contributed by atoms with Crippen LogP contribution in [0.4, 0.5) is 11.5 Å². The minimum absolute atomic E-state index is 0.0820. The van der Waals surface area contributed by atoms with Crippen molar-refractivity contribution in [1.29, 1.82) is 0 Å². The number of fused-ring (bicyclic) bond motifs is 4. The summed E-state index contributed by atoms with van der Waals surface area (Å²) in [7, 11) is 0. The number of furan rings is 1. The van der Waals surface area contributed by atoms with Gasteiger partial charge in [-0.1, -0.05) is 30.3 Å². The molecular formula is C40H37N5O4. The molecule has 1 N–H and O–H groups in total. The molecule has 5 aromatic rings. The average molecular weight is 652 g/mol. The molecule has 0 radical (unpaired) electrons. The van der Waals surface area contributed by atoms with Crippen molar-refractivity contribution >= 4 is 29.3 Å². The van der Waals surface area contributed by atoms with E-state index in [1.165, 1.54) is 0 Å². The van der Waals surface area contributed by atoms with Gasteiger partial charge in [-0.05, 0) is 92.6 Å². The van der Waals surface area contributed by atoms with Crippen LogP contribution in [0.5, 0.6) is 0 Å². The molecular weight excluding hydrogens is 614 g/mol. The van der Waals surface area contributed by atoms with Crippen LogP contribution in [0.25, 0.3) is 28.5 Å². The van der Waals surface area contributed by atoms with Gasteiger partial charge in [0.25, 0.3) is 11.7 Å². The quantitative estimate of drug-likeness (QED) is 0.203. The van der Waals surface area contributed by atoms with E-state index in [9.17, 15) is 9.59 Å². The SMILES string of the molecule is Cc1cnc(N2CC3(CCOCC3)C2)c(-c2ccc(C(=O)N3CCc4cc(C(=O)c5nc6c([nH]5)CCC=C6)oc4-c4ccccc43)cc2)c1. The van der Waals surface area contributed by atoms with Crippen molar-refractivity contribution in [2.45, 2.75) is 39.0 Å². The number of ether oxygens (including phenoxy) is 1. The van der Waals surface area contributed by atoms with Crippen LogP contribution in [0.15, 0.2) is 77.4 Å². The number of benzene rings is 2. The summed E-state index contributed by atoms with van der Waals surface area (Å²) in [5.74, 6) is 1.80. The first-order chi connectivity index (χ1) is 23.9. The number of aromatic amines is 1. The van der Waals surface area contributed by atoms with E-state index < -0.39 is 0 Å². The van der Waals surface area contributed by atoms with E-state index in [0.717, 1.165) is 103 Å². The molecule has 2 saturated heterocycles. The molecule has 3 aliphatic heterocycles. The highest BCUT2D eigenvalue weighted by Crippen LogP contribution is 2.44. The fourth-order valence-corrected chi connectivity index (χ4v) is 7.83. The van der Waals surface area contributed by atoms with Crippen LogP contribution in [0, 0.1) is 12.3 Å². The fourth-order valence-electron chi connectivity index (χ4n) is 7.83. The maximum Gasteiger partial charge on any atom is 0.263 e. The molecule has 6 heterocycles. The number of rotatable bonds is 5. The smallest absolute Gasteiger partial charge is 0.263 e. The van der Waals surface area contributed by atoms with Crippen molar-refractivity contribution in [3.8, 4) is 22.5 Å². The highest BCUT2D eigenvalue weighted by molar-refractivity contribution is 6.09. The zero-order chi connectivity index (χ0) is 33.1. The van der Waals surface area contributed by atoms with E-state index in [1.807, 2.05) is 71.8 Å². The molecule has 9 rings (SSSR count). The number of hydrogen-bond donors (Lipinski definition) is 1. The van der Waals surface area contributed by atoms with Crippen molar-refractivity contribution in [3.63, 3.8) is 0 Å². The van der Waals surface area contributed by atoms with E-state index in [-0.39, 0.29) is 23.3 Å². The Morgan fingerprint density at radius 2 is 1.78 bits per heavy atom. The molecule has 0 saturated carbocycles. The predicted molar refractivity (Wildman–Crippen MR) is 188 cm³/mol. The Morgan fingerprint density at radius 1 is 0.959 bits per heavy atom. The molecule has 9 heteroatoms. The van der Waals surface area contributed by atoms with E-state index in [1.54, 1.807) is 0 Å². The molecule has 2 fully saturated rings. The number of nitrogens with one attached hydrogen (secondary N) is 1. The number of aromatic nitrogens is 3. The number of aryl methyl sites for hydroxylation is 2. The van der Waals surface area contributed by atoms with Crippen LogP contribution in [-0.2, 0) is 17.6 Å². The summed E-state index contributed by atoms with van der Waals surface area (Å²) in [5.41, 5.74) is 8.39. The van der Waals surface area contributed by atoms with Crippen LogP contribution in [0.1, 0.15) is 68.5 Å². The van der Waals surface area contributed by atoms with E-state index in [2.05, 4.69) is 33.9 Å². The van der Waals surface area contributed by atoms with Crippen LogP contribution in [-0.4, -0.2) is 59.5 Å². The maximum absolute atomic E-state index is 14.1. The molecule has 0 unspecified atom stereocenters. The van der Waals surface area contributed by atoms with Crippen molar-refractivity contribution in [1.82, 2.24) is 15.0 Å². The lowest BCUT2D eigenvalue weighted by Gasteiger charge is -2.53. The number of H-pyrrole nitrogens is 1. The minimum Gasteiger partial charge on any atom is -0.452 e. The van der Waals surface area contributed by atoms with Crippen molar-refractivity contribution in [2.24, 2.45) is 5.41 Å². The Labute approximate surface area is 284 Å². The van der Waals surface area contributed by atoms with Gasteiger partial charge in [0.2, 0.25) is 0 Å². The highest BCUT2D eigenvalue weighted by Gasteiger charge is 2.45. The van der Waals surface area contributed by atoms with E-state index >= 15 is 0 Å². The van der Waals surface area contributed by atoms with Gasteiger partial charge in [-0.3, -0.25) is 9.59 Å². The lowest BCUT2D eigenvalue weighted by Crippen LogP contribution is -2.59. The summed E-state index contributed by atoms with van der Waals surface area (Å²) in [6.07, 6.45) is 10.5. The number of allylic oxidation sites excluding steroid dienone is 1. The van der Waals surface area contributed by atoms with Gasteiger partial charge in [0.15, 0.2) is 11.6 Å². The maximum atomic E-state index is 14.1. The van der Waals surface area contributed by atoms with E-state index in [0.29, 0.717) is 29.7 Å². The van der Waals surface area contributed by atoms with Gasteiger partial charge < -0.3 is 23.9 Å². The second kappa shape index (κ2) is 11.7. The zero-order valence-corrected chi connectivity index (χ0v) is 27.5. The average Bonchev–Trinajstić information content (AvgIpc) is 3.72. The molecule has 1 amide bonds. The molecule has 1 spiro atoms. The summed E-state index contributed by atoms with van der Waals surface area (Å²) in [6, 6.07) is 19.6. The largest absolute Gasteiger partial charge is 0.452 e. The Bertz CT molecular complexity index is 2130. The number of ketones is 1. The fraction of sp³-hybridized carbons (Fsp3) is 0.300. The molecule has 4 aliphatic rings. The highest BCUT2D eigenvalue weighted by atomic mass is 16.5. The van der Waals surface area contributed by atoms with Gasteiger partial charge in [-0.25, -0.2) is 9.97 Å². The molecule has 49 heavy (non-hydrogen) atoms. The number of anilines is 2. The van der Waals surface area contributed by atoms with Gasteiger partial charge in [0, 0.05) is 72.4 Å². The summed E-state index contributed by atoms with van der Waals surface area (Å²) >= 11 is 0. The third-order valence-electron chi connectivity index (χ3n) is 10.5. The second-order valence-corrected chi connectivity index (χ2v) is 13.8. The Kier molecular flexibility index (Phi) is 7.12. The number of carbonyl (C=O) groups excluding carboxylic acids is 2. The first kappa shape index (κ1) is 29.8. The molecule has 246 valence electrons. The Morgan fingerprint density at radius 3 is 2.59 bits per heavy atom. The lowest BCUT2D eigenvalue weighted by atomic mass is 9.73. The topological polar surface area (TPSA) is 105 Å². The summed E-state index contributed by atoms with van der Waals surface area (Å²) in [5, 5.41) is 0. The monoisotopic (exact) mass is 651 g/mol. The molecule has 9 nitrogen and oxygen atoms in total. The second-order valence-electron chi connectivity index (χ2n) is 13.8. The number of nitrogens with zero attached hydrogens (tertiary/aromatic N) is 4. The van der Waals surface area contributed by atoms with Crippen LogP contribution in [0.2, 0.25) is 0 Å². The standard InChI is InChI=1S/C40H37N5O4/c1-25-20-30(38(41-22-25)44-23-40(24-44)15-18-48-19-16-40)26-10-12-27(13-11-26)39(47)45-17-14-28-21-34(49-36(28)29-6-2-5-9-33(29)45)35(46)37-42-31-7-3-4-8-32(31)43-37/h2-3,5-7,9-13,20-22H,4,8,14-19,23-24H2,1H3,(H,42,43). The number of amides is 1.